The summed E-state index contributed by atoms with van der Waals surface area (Å²) in [5.41, 5.74) is 15.0. The van der Waals surface area contributed by atoms with Crippen LogP contribution in [0.25, 0.3) is 111 Å². The minimum Gasteiger partial charge on any atom is -0.308 e. The summed E-state index contributed by atoms with van der Waals surface area (Å²) in [4.78, 5) is 0. The van der Waals surface area contributed by atoms with Gasteiger partial charge in [0.25, 0.3) is 0 Å². The van der Waals surface area contributed by atoms with Gasteiger partial charge in [-0.1, -0.05) is 152 Å². The predicted octanol–water partition coefficient (Wildman–Crippen LogP) is 16.4. The lowest BCUT2D eigenvalue weighted by Crippen LogP contribution is -2.05. The SMILES string of the molecule is N#Cc1c(-n2c3ccc(-c4ccccc4)cc3c3cc(-c4ccccc4)ccc32)cc(-c2ccc(F)c(F)c2)cc1-n1c2ccc(-c3ccccc3)cc2c2cc(-c3ccccc3)ccc21. The molecule has 10 aromatic carbocycles. The molecule has 0 N–H and O–H groups in total. The zero-order chi connectivity index (χ0) is 44.3. The molecule has 0 amide bonds. The van der Waals surface area contributed by atoms with Crippen LogP contribution < -0.4 is 0 Å². The second-order valence-corrected chi connectivity index (χ2v) is 16.7. The molecule has 12 aromatic rings. The molecule has 2 heterocycles. The molecular weight excluding hydrogens is 813 g/mol. The molecule has 0 atom stereocenters. The smallest absolute Gasteiger partial charge is 0.159 e. The zero-order valence-electron chi connectivity index (χ0n) is 35.5. The van der Waals surface area contributed by atoms with E-state index in [1.165, 1.54) is 6.07 Å². The Morgan fingerprint density at radius 3 is 0.894 bits per heavy atom. The fourth-order valence-electron chi connectivity index (χ4n) is 9.73. The third-order valence-electron chi connectivity index (χ3n) is 12.9. The summed E-state index contributed by atoms with van der Waals surface area (Å²) >= 11 is 0. The predicted molar refractivity (Wildman–Crippen MR) is 267 cm³/mol. The molecule has 0 aliphatic carbocycles. The molecule has 0 saturated heterocycles. The van der Waals surface area contributed by atoms with Crippen LogP contribution in [0.15, 0.2) is 224 Å². The molecule has 12 rings (SSSR count). The number of benzene rings is 10. The largest absolute Gasteiger partial charge is 0.308 e. The van der Waals surface area contributed by atoms with Crippen LogP contribution in [0.1, 0.15) is 5.56 Å². The van der Waals surface area contributed by atoms with Crippen molar-refractivity contribution in [2.24, 2.45) is 0 Å². The highest BCUT2D eigenvalue weighted by atomic mass is 19.2. The molecule has 0 fully saturated rings. The van der Waals surface area contributed by atoms with Crippen LogP contribution in [0.5, 0.6) is 0 Å². The van der Waals surface area contributed by atoms with Crippen molar-refractivity contribution in [3.8, 4) is 73.1 Å². The van der Waals surface area contributed by atoms with E-state index in [9.17, 15) is 9.65 Å². The molecule has 0 saturated carbocycles. The molecule has 0 spiro atoms. The van der Waals surface area contributed by atoms with Crippen LogP contribution in [-0.4, -0.2) is 9.13 Å². The Hall–Kier alpha value is -8.85. The lowest BCUT2D eigenvalue weighted by atomic mass is 9.99. The van der Waals surface area contributed by atoms with Gasteiger partial charge < -0.3 is 9.13 Å². The average molecular weight is 850 g/mol. The monoisotopic (exact) mass is 849 g/mol. The molecular formula is C61H37F2N3. The Balaban J connectivity index is 1.19. The van der Waals surface area contributed by atoms with Gasteiger partial charge in [0, 0.05) is 21.5 Å². The van der Waals surface area contributed by atoms with E-state index in [0.29, 0.717) is 28.1 Å². The van der Waals surface area contributed by atoms with Crippen LogP contribution in [0.4, 0.5) is 8.78 Å². The quantitative estimate of drug-likeness (QED) is 0.157. The first-order valence-corrected chi connectivity index (χ1v) is 21.9. The Bertz CT molecular complexity index is 3470. The Kier molecular flexibility index (Phi) is 9.25. The first kappa shape index (κ1) is 38.8. The Labute approximate surface area is 379 Å². The molecule has 0 bridgehead atoms. The highest BCUT2D eigenvalue weighted by Crippen LogP contribution is 2.43. The first-order valence-electron chi connectivity index (χ1n) is 21.9. The van der Waals surface area contributed by atoms with E-state index in [4.69, 9.17) is 0 Å². The van der Waals surface area contributed by atoms with Gasteiger partial charge in [0.05, 0.1) is 33.4 Å². The van der Waals surface area contributed by atoms with E-state index in [0.717, 1.165) is 94.2 Å². The van der Waals surface area contributed by atoms with Gasteiger partial charge in [-0.3, -0.25) is 0 Å². The number of nitriles is 1. The molecule has 0 radical (unpaired) electrons. The second-order valence-electron chi connectivity index (χ2n) is 16.7. The van der Waals surface area contributed by atoms with Crippen molar-refractivity contribution >= 4 is 43.6 Å². The van der Waals surface area contributed by atoms with E-state index in [2.05, 4.69) is 137 Å². The van der Waals surface area contributed by atoms with E-state index in [1.807, 2.05) is 84.9 Å². The van der Waals surface area contributed by atoms with Gasteiger partial charge >= 0.3 is 0 Å². The number of hydrogen-bond donors (Lipinski definition) is 0. The maximum absolute atomic E-state index is 15.3. The van der Waals surface area contributed by atoms with Gasteiger partial charge in [-0.25, -0.2) is 8.78 Å². The van der Waals surface area contributed by atoms with Gasteiger partial charge in [-0.15, -0.1) is 0 Å². The number of halogens is 2. The van der Waals surface area contributed by atoms with Crippen molar-refractivity contribution in [2.75, 3.05) is 0 Å². The highest BCUT2D eigenvalue weighted by Gasteiger charge is 2.24. The standard InChI is InChI=1S/C61H37F2N3/c62-54-26-21-47(35-55(54)63)48-36-60(65-56-27-22-43(39-13-5-1-6-14-39)31-49(56)50-32-44(23-28-57(50)65)40-15-7-2-8-16-40)53(38-64)61(37-48)66-58-29-24-45(41-17-9-3-10-18-41)33-51(58)52-34-46(25-30-59(52)66)42-19-11-4-12-20-42/h1-37H. The summed E-state index contributed by atoms with van der Waals surface area (Å²) in [5, 5.41) is 15.7. The molecule has 0 aliphatic heterocycles. The van der Waals surface area contributed by atoms with Crippen molar-refractivity contribution in [1.29, 1.82) is 5.26 Å². The van der Waals surface area contributed by atoms with Crippen molar-refractivity contribution in [1.82, 2.24) is 9.13 Å². The maximum Gasteiger partial charge on any atom is 0.159 e. The minimum atomic E-state index is -0.947. The normalized spacial score (nSPS) is 11.5. The molecule has 5 heteroatoms. The third-order valence-corrected chi connectivity index (χ3v) is 12.9. The summed E-state index contributed by atoms with van der Waals surface area (Å²) in [6.07, 6.45) is 0. The summed E-state index contributed by atoms with van der Waals surface area (Å²) in [5.74, 6) is -1.87. The Morgan fingerprint density at radius 1 is 0.288 bits per heavy atom. The third kappa shape index (κ3) is 6.47. The number of fused-ring (bicyclic) bond motifs is 6. The minimum absolute atomic E-state index is 0.428. The van der Waals surface area contributed by atoms with Gasteiger partial charge in [0.1, 0.15) is 11.6 Å². The van der Waals surface area contributed by atoms with Crippen LogP contribution in [0, 0.1) is 23.0 Å². The molecule has 2 aromatic heterocycles. The van der Waals surface area contributed by atoms with Crippen molar-refractivity contribution in [3.05, 3.63) is 242 Å². The van der Waals surface area contributed by atoms with Crippen LogP contribution >= 0.6 is 0 Å². The maximum atomic E-state index is 15.3. The second kappa shape index (κ2) is 15.7. The summed E-state index contributed by atoms with van der Waals surface area (Å²) in [6, 6.07) is 77.7. The van der Waals surface area contributed by atoms with Crippen LogP contribution in [-0.2, 0) is 0 Å². The van der Waals surface area contributed by atoms with E-state index < -0.39 is 11.6 Å². The van der Waals surface area contributed by atoms with Crippen molar-refractivity contribution in [3.63, 3.8) is 0 Å². The van der Waals surface area contributed by atoms with E-state index in [-0.39, 0.29) is 0 Å². The summed E-state index contributed by atoms with van der Waals surface area (Å²) < 4.78 is 34.2. The fraction of sp³-hybridized carbons (Fsp3) is 0. The van der Waals surface area contributed by atoms with Gasteiger partial charge in [-0.05, 0) is 128 Å². The molecule has 3 nitrogen and oxygen atoms in total. The van der Waals surface area contributed by atoms with Crippen molar-refractivity contribution in [2.45, 2.75) is 0 Å². The number of hydrogen-bond acceptors (Lipinski definition) is 1. The molecule has 0 aliphatic rings. The molecule has 310 valence electrons. The van der Waals surface area contributed by atoms with Gasteiger partial charge in [0.2, 0.25) is 0 Å². The lowest BCUT2D eigenvalue weighted by Gasteiger charge is -2.19. The van der Waals surface area contributed by atoms with E-state index in [1.54, 1.807) is 6.07 Å². The molecule has 66 heavy (non-hydrogen) atoms. The lowest BCUT2D eigenvalue weighted by molar-refractivity contribution is 0.509. The van der Waals surface area contributed by atoms with Crippen LogP contribution in [0.3, 0.4) is 0 Å². The summed E-state index contributed by atoms with van der Waals surface area (Å²) in [7, 11) is 0. The van der Waals surface area contributed by atoms with Gasteiger partial charge in [0.15, 0.2) is 11.6 Å². The average Bonchev–Trinajstić information content (AvgIpc) is 3.89. The van der Waals surface area contributed by atoms with Gasteiger partial charge in [-0.2, -0.15) is 5.26 Å². The van der Waals surface area contributed by atoms with Crippen molar-refractivity contribution < 1.29 is 8.78 Å². The molecule has 0 unspecified atom stereocenters. The number of rotatable bonds is 7. The summed E-state index contributed by atoms with van der Waals surface area (Å²) in [6.45, 7) is 0. The number of aromatic nitrogens is 2. The first-order chi connectivity index (χ1) is 32.5. The fourth-order valence-corrected chi connectivity index (χ4v) is 9.73. The number of nitrogens with zero attached hydrogens (tertiary/aromatic N) is 3. The zero-order valence-corrected chi connectivity index (χ0v) is 35.5. The topological polar surface area (TPSA) is 33.6 Å². The van der Waals surface area contributed by atoms with Crippen LogP contribution in [0.2, 0.25) is 0 Å². The highest BCUT2D eigenvalue weighted by molar-refractivity contribution is 6.14. The Morgan fingerprint density at radius 2 is 0.591 bits per heavy atom. The van der Waals surface area contributed by atoms with E-state index >= 15 is 4.39 Å².